The zero-order valence-electron chi connectivity index (χ0n) is 10.7. The number of pyridine rings is 1. The molecule has 96 valence electrons. The van der Waals surface area contributed by atoms with Gasteiger partial charge in [0, 0.05) is 24.4 Å². The number of hydrogen-bond donors (Lipinski definition) is 1. The molecule has 1 atom stereocenters. The summed E-state index contributed by atoms with van der Waals surface area (Å²) in [6.07, 6.45) is 3.95. The lowest BCUT2D eigenvalue weighted by Crippen LogP contribution is -2.12. The molecule has 0 unspecified atom stereocenters. The van der Waals surface area contributed by atoms with Gasteiger partial charge in [0.05, 0.1) is 6.61 Å². The molecule has 1 aromatic heterocycles. The minimum absolute atomic E-state index is 0.0697. The molecule has 0 fully saturated rings. The highest BCUT2D eigenvalue weighted by Crippen LogP contribution is 2.19. The molecule has 0 saturated carbocycles. The van der Waals surface area contributed by atoms with E-state index < -0.39 is 0 Å². The van der Waals surface area contributed by atoms with Crippen molar-refractivity contribution in [1.29, 1.82) is 0 Å². The smallest absolute Gasteiger partial charge is 0.218 e. The largest absolute Gasteiger partial charge is 0.475 e. The van der Waals surface area contributed by atoms with Crippen molar-refractivity contribution < 1.29 is 9.47 Å². The first-order valence-electron chi connectivity index (χ1n) is 6.16. The Bertz CT molecular complexity index is 316. The van der Waals surface area contributed by atoms with Gasteiger partial charge in [-0.2, -0.15) is 0 Å². The molecule has 17 heavy (non-hydrogen) atoms. The molecule has 2 N–H and O–H groups in total. The van der Waals surface area contributed by atoms with Gasteiger partial charge in [0.25, 0.3) is 0 Å². The Morgan fingerprint density at radius 2 is 2.18 bits per heavy atom. The lowest BCUT2D eigenvalue weighted by Gasteiger charge is -2.12. The summed E-state index contributed by atoms with van der Waals surface area (Å²) in [6, 6.07) is 3.73. The van der Waals surface area contributed by atoms with Gasteiger partial charge in [0.15, 0.2) is 0 Å². The second kappa shape index (κ2) is 8.03. The van der Waals surface area contributed by atoms with Crippen LogP contribution in [0.3, 0.4) is 0 Å². The van der Waals surface area contributed by atoms with E-state index in [9.17, 15) is 0 Å². The SMILES string of the molecule is CCCCOCCOc1ncccc1[C@@H](C)N. The highest BCUT2D eigenvalue weighted by molar-refractivity contribution is 5.27. The standard InChI is InChI=1S/C13H22N2O2/c1-3-4-8-16-9-10-17-13-12(11(2)14)6-5-7-15-13/h5-7,11H,3-4,8-10,14H2,1-2H3/t11-/m1/s1. The lowest BCUT2D eigenvalue weighted by atomic mass is 10.1. The third-order valence-corrected chi connectivity index (χ3v) is 2.40. The predicted octanol–water partition coefficient (Wildman–Crippen LogP) is 2.30. The highest BCUT2D eigenvalue weighted by Gasteiger charge is 2.08. The molecule has 1 heterocycles. The summed E-state index contributed by atoms with van der Waals surface area (Å²) in [4.78, 5) is 4.18. The molecule has 0 aliphatic heterocycles. The van der Waals surface area contributed by atoms with Crippen LogP contribution in [0.15, 0.2) is 18.3 Å². The van der Waals surface area contributed by atoms with E-state index in [4.69, 9.17) is 15.2 Å². The van der Waals surface area contributed by atoms with E-state index in [1.165, 1.54) is 0 Å². The first-order valence-corrected chi connectivity index (χ1v) is 6.16. The molecule has 0 bridgehead atoms. The summed E-state index contributed by atoms with van der Waals surface area (Å²) in [6.45, 7) is 5.96. The van der Waals surface area contributed by atoms with Crippen molar-refractivity contribution in [3.63, 3.8) is 0 Å². The van der Waals surface area contributed by atoms with Crippen molar-refractivity contribution in [2.75, 3.05) is 19.8 Å². The first-order chi connectivity index (χ1) is 8.25. The van der Waals surface area contributed by atoms with Crippen molar-refractivity contribution in [3.05, 3.63) is 23.9 Å². The Labute approximate surface area is 103 Å². The maximum atomic E-state index is 5.83. The molecule has 4 nitrogen and oxygen atoms in total. The molecule has 0 amide bonds. The zero-order valence-corrected chi connectivity index (χ0v) is 10.7. The third-order valence-electron chi connectivity index (χ3n) is 2.40. The van der Waals surface area contributed by atoms with Gasteiger partial charge >= 0.3 is 0 Å². The number of rotatable bonds is 8. The second-order valence-corrected chi connectivity index (χ2v) is 4.00. The summed E-state index contributed by atoms with van der Waals surface area (Å²) in [5.41, 5.74) is 6.76. The van der Waals surface area contributed by atoms with Gasteiger partial charge in [-0.15, -0.1) is 0 Å². The number of hydrogen-bond acceptors (Lipinski definition) is 4. The number of aromatic nitrogens is 1. The average Bonchev–Trinajstić information content (AvgIpc) is 2.34. The van der Waals surface area contributed by atoms with Gasteiger partial charge in [-0.25, -0.2) is 4.98 Å². The van der Waals surface area contributed by atoms with Crippen LogP contribution in [0.1, 0.15) is 38.3 Å². The summed E-state index contributed by atoms with van der Waals surface area (Å²) in [7, 11) is 0. The number of ether oxygens (including phenoxy) is 2. The van der Waals surface area contributed by atoms with E-state index in [0.29, 0.717) is 19.1 Å². The van der Waals surface area contributed by atoms with Crippen LogP contribution in [0, 0.1) is 0 Å². The van der Waals surface area contributed by atoms with Crippen LogP contribution in [0.25, 0.3) is 0 Å². The van der Waals surface area contributed by atoms with Crippen LogP contribution in [-0.4, -0.2) is 24.8 Å². The Morgan fingerprint density at radius 3 is 2.88 bits per heavy atom. The minimum Gasteiger partial charge on any atom is -0.475 e. The zero-order chi connectivity index (χ0) is 12.5. The van der Waals surface area contributed by atoms with E-state index in [0.717, 1.165) is 25.0 Å². The maximum Gasteiger partial charge on any atom is 0.218 e. The Hall–Kier alpha value is -1.13. The van der Waals surface area contributed by atoms with Crippen LogP contribution in [0.2, 0.25) is 0 Å². The molecule has 0 aliphatic carbocycles. The van der Waals surface area contributed by atoms with Crippen LogP contribution in [0.4, 0.5) is 0 Å². The quantitative estimate of drug-likeness (QED) is 0.706. The third kappa shape index (κ3) is 5.15. The average molecular weight is 238 g/mol. The van der Waals surface area contributed by atoms with Crippen LogP contribution < -0.4 is 10.5 Å². The van der Waals surface area contributed by atoms with Crippen LogP contribution >= 0.6 is 0 Å². The second-order valence-electron chi connectivity index (χ2n) is 4.00. The molecule has 0 spiro atoms. The maximum absolute atomic E-state index is 5.83. The molecule has 0 aliphatic rings. The molecular formula is C13H22N2O2. The van der Waals surface area contributed by atoms with E-state index in [1.807, 2.05) is 19.1 Å². The topological polar surface area (TPSA) is 57.4 Å². The molecule has 1 aromatic rings. The highest BCUT2D eigenvalue weighted by atomic mass is 16.5. The van der Waals surface area contributed by atoms with Crippen molar-refractivity contribution in [1.82, 2.24) is 4.98 Å². The van der Waals surface area contributed by atoms with Crippen LogP contribution in [0.5, 0.6) is 5.88 Å². The number of nitrogens with two attached hydrogens (primary N) is 1. The van der Waals surface area contributed by atoms with Crippen molar-refractivity contribution in [3.8, 4) is 5.88 Å². The summed E-state index contributed by atoms with van der Waals surface area (Å²) in [5.74, 6) is 0.613. The number of nitrogens with zero attached hydrogens (tertiary/aromatic N) is 1. The molecule has 0 saturated heterocycles. The summed E-state index contributed by atoms with van der Waals surface area (Å²) < 4.78 is 11.0. The van der Waals surface area contributed by atoms with Gasteiger partial charge in [-0.1, -0.05) is 19.4 Å². The minimum atomic E-state index is -0.0697. The molecule has 1 rings (SSSR count). The number of unbranched alkanes of at least 4 members (excludes halogenated alkanes) is 1. The van der Waals surface area contributed by atoms with Gasteiger partial charge in [-0.05, 0) is 19.4 Å². The Morgan fingerprint density at radius 1 is 1.35 bits per heavy atom. The molecule has 0 radical (unpaired) electrons. The van der Waals surface area contributed by atoms with Gasteiger partial charge in [0.1, 0.15) is 6.61 Å². The van der Waals surface area contributed by atoms with E-state index in [-0.39, 0.29) is 6.04 Å². The van der Waals surface area contributed by atoms with Crippen LogP contribution in [-0.2, 0) is 4.74 Å². The fourth-order valence-electron chi connectivity index (χ4n) is 1.42. The lowest BCUT2D eigenvalue weighted by molar-refractivity contribution is 0.0960. The Kier molecular flexibility index (Phi) is 6.58. The van der Waals surface area contributed by atoms with Gasteiger partial charge in [-0.3, -0.25) is 0 Å². The summed E-state index contributed by atoms with van der Waals surface area (Å²) >= 11 is 0. The summed E-state index contributed by atoms with van der Waals surface area (Å²) in [5, 5.41) is 0. The predicted molar refractivity (Wildman–Crippen MR) is 68.1 cm³/mol. The van der Waals surface area contributed by atoms with Crippen molar-refractivity contribution in [2.24, 2.45) is 5.73 Å². The first kappa shape index (κ1) is 13.9. The fourth-order valence-corrected chi connectivity index (χ4v) is 1.42. The molecule has 4 heteroatoms. The van der Waals surface area contributed by atoms with E-state index in [2.05, 4.69) is 11.9 Å². The van der Waals surface area contributed by atoms with Crippen molar-refractivity contribution >= 4 is 0 Å². The Balaban J connectivity index is 2.31. The fraction of sp³-hybridized carbons (Fsp3) is 0.615. The normalized spacial score (nSPS) is 12.4. The van der Waals surface area contributed by atoms with Gasteiger partial charge < -0.3 is 15.2 Å². The molecule has 0 aromatic carbocycles. The van der Waals surface area contributed by atoms with Crippen molar-refractivity contribution in [2.45, 2.75) is 32.7 Å². The molecular weight excluding hydrogens is 216 g/mol. The van der Waals surface area contributed by atoms with E-state index >= 15 is 0 Å². The monoisotopic (exact) mass is 238 g/mol. The van der Waals surface area contributed by atoms with E-state index in [1.54, 1.807) is 6.20 Å². The van der Waals surface area contributed by atoms with Gasteiger partial charge in [0.2, 0.25) is 5.88 Å².